The van der Waals surface area contributed by atoms with Crippen LogP contribution in [0.5, 0.6) is 5.75 Å². The zero-order chi connectivity index (χ0) is 14.8. The first kappa shape index (κ1) is 14.9. The fraction of sp³-hybridized carbons (Fsp3) is 0.562. The number of benzene rings is 1. The average molecular weight is 277 g/mol. The highest BCUT2D eigenvalue weighted by Crippen LogP contribution is 2.46. The number of aliphatic carboxylic acids is 1. The van der Waals surface area contributed by atoms with Crippen LogP contribution >= 0.6 is 0 Å². The van der Waals surface area contributed by atoms with Gasteiger partial charge >= 0.3 is 0 Å². The molecule has 1 atom stereocenters. The summed E-state index contributed by atoms with van der Waals surface area (Å²) in [5.41, 5.74) is 0.0879. The molecule has 0 radical (unpaired) electrons. The molecule has 4 heteroatoms. The third kappa shape index (κ3) is 2.96. The Morgan fingerprint density at radius 3 is 2.70 bits per heavy atom. The number of carbonyl (C=O) groups excluding carboxylic acids is 1. The van der Waals surface area contributed by atoms with Gasteiger partial charge in [-0.15, -0.1) is 0 Å². The molecule has 20 heavy (non-hydrogen) atoms. The van der Waals surface area contributed by atoms with Gasteiger partial charge in [-0.2, -0.15) is 0 Å². The molecule has 110 valence electrons. The number of carboxylic acids is 1. The number of ether oxygens (including phenoxy) is 2. The standard InChI is InChI=1S/C16H22O4/c1-15(2)11-16(8-9-20-15,10-14(17)18)12-6-4-5-7-13(12)19-3/h4-7H,8-11H2,1-3H3,(H,17,18)/p-1. The van der Waals surface area contributed by atoms with Gasteiger partial charge in [-0.3, -0.25) is 0 Å². The van der Waals surface area contributed by atoms with Gasteiger partial charge in [0.05, 0.1) is 12.7 Å². The van der Waals surface area contributed by atoms with E-state index in [1.165, 1.54) is 0 Å². The minimum Gasteiger partial charge on any atom is -0.550 e. The van der Waals surface area contributed by atoms with E-state index in [1.54, 1.807) is 7.11 Å². The first-order chi connectivity index (χ1) is 9.38. The Labute approximate surface area is 119 Å². The van der Waals surface area contributed by atoms with Crippen LogP contribution in [0.3, 0.4) is 0 Å². The van der Waals surface area contributed by atoms with Gasteiger partial charge in [0.2, 0.25) is 0 Å². The van der Waals surface area contributed by atoms with Crippen molar-refractivity contribution < 1.29 is 19.4 Å². The number of hydrogen-bond donors (Lipinski definition) is 0. The molecule has 1 aliphatic rings. The van der Waals surface area contributed by atoms with Gasteiger partial charge in [0.1, 0.15) is 5.75 Å². The van der Waals surface area contributed by atoms with Gasteiger partial charge in [0.15, 0.2) is 0 Å². The molecule has 0 spiro atoms. The molecule has 0 saturated carbocycles. The van der Waals surface area contributed by atoms with Crippen molar-refractivity contribution in [3.8, 4) is 5.75 Å². The summed E-state index contributed by atoms with van der Waals surface area (Å²) in [5.74, 6) is -0.306. The quantitative estimate of drug-likeness (QED) is 0.840. The van der Waals surface area contributed by atoms with Gasteiger partial charge in [0, 0.05) is 23.6 Å². The highest BCUT2D eigenvalue weighted by molar-refractivity contribution is 5.67. The summed E-state index contributed by atoms with van der Waals surface area (Å²) < 4.78 is 11.2. The molecular formula is C16H21O4-. The summed E-state index contributed by atoms with van der Waals surface area (Å²) >= 11 is 0. The summed E-state index contributed by atoms with van der Waals surface area (Å²) in [6, 6.07) is 7.62. The zero-order valence-electron chi connectivity index (χ0n) is 12.3. The third-order valence-corrected chi connectivity index (χ3v) is 4.00. The Hall–Kier alpha value is -1.55. The van der Waals surface area contributed by atoms with E-state index in [4.69, 9.17) is 9.47 Å². The lowest BCUT2D eigenvalue weighted by Gasteiger charge is -2.46. The van der Waals surface area contributed by atoms with E-state index in [-0.39, 0.29) is 12.0 Å². The highest BCUT2D eigenvalue weighted by atomic mass is 16.5. The lowest BCUT2D eigenvalue weighted by atomic mass is 9.67. The summed E-state index contributed by atoms with van der Waals surface area (Å²) in [6.07, 6.45) is 1.28. The number of carboxylic acid groups (broad SMARTS) is 1. The molecule has 0 bridgehead atoms. The smallest absolute Gasteiger partial charge is 0.122 e. The molecule has 1 aromatic rings. The molecule has 1 fully saturated rings. The maximum atomic E-state index is 11.3. The molecule has 0 N–H and O–H groups in total. The Balaban J connectivity index is 2.49. The normalized spacial score (nSPS) is 25.1. The molecule has 1 aliphatic heterocycles. The molecule has 4 nitrogen and oxygen atoms in total. The molecular weight excluding hydrogens is 256 g/mol. The van der Waals surface area contributed by atoms with Crippen molar-refractivity contribution in [2.24, 2.45) is 0 Å². The summed E-state index contributed by atoms with van der Waals surface area (Å²) in [4.78, 5) is 11.3. The lowest BCUT2D eigenvalue weighted by molar-refractivity contribution is -0.308. The van der Waals surface area contributed by atoms with Crippen molar-refractivity contribution in [3.05, 3.63) is 29.8 Å². The second-order valence-electron chi connectivity index (χ2n) is 6.06. The number of carbonyl (C=O) groups is 1. The van der Waals surface area contributed by atoms with Crippen molar-refractivity contribution in [1.82, 2.24) is 0 Å². The van der Waals surface area contributed by atoms with Gasteiger partial charge in [-0.1, -0.05) is 18.2 Å². The fourth-order valence-corrected chi connectivity index (χ4v) is 3.31. The number of hydrogen-bond acceptors (Lipinski definition) is 4. The van der Waals surface area contributed by atoms with Crippen LogP contribution in [0, 0.1) is 0 Å². The van der Waals surface area contributed by atoms with E-state index in [2.05, 4.69) is 0 Å². The van der Waals surface area contributed by atoms with E-state index >= 15 is 0 Å². The average Bonchev–Trinajstić information content (AvgIpc) is 2.36. The van der Waals surface area contributed by atoms with E-state index in [9.17, 15) is 9.90 Å². The first-order valence-electron chi connectivity index (χ1n) is 6.86. The van der Waals surface area contributed by atoms with E-state index in [0.29, 0.717) is 19.4 Å². The molecule has 0 amide bonds. The number of para-hydroxylation sites is 1. The van der Waals surface area contributed by atoms with E-state index in [0.717, 1.165) is 11.3 Å². The Morgan fingerprint density at radius 2 is 2.10 bits per heavy atom. The topological polar surface area (TPSA) is 58.6 Å². The van der Waals surface area contributed by atoms with Crippen molar-refractivity contribution in [3.63, 3.8) is 0 Å². The molecule has 1 heterocycles. The van der Waals surface area contributed by atoms with Crippen LogP contribution in [0.15, 0.2) is 24.3 Å². The Kier molecular flexibility index (Phi) is 4.04. The third-order valence-electron chi connectivity index (χ3n) is 4.00. The maximum absolute atomic E-state index is 11.3. The summed E-state index contributed by atoms with van der Waals surface area (Å²) in [6.45, 7) is 4.52. The van der Waals surface area contributed by atoms with Gasteiger partial charge in [-0.05, 0) is 39.2 Å². The molecule has 1 saturated heterocycles. The Morgan fingerprint density at radius 1 is 1.40 bits per heavy atom. The van der Waals surface area contributed by atoms with Crippen LogP contribution in [0.1, 0.15) is 38.7 Å². The van der Waals surface area contributed by atoms with Crippen LogP contribution in [0.4, 0.5) is 0 Å². The molecule has 1 aromatic carbocycles. The van der Waals surface area contributed by atoms with E-state index < -0.39 is 11.4 Å². The highest BCUT2D eigenvalue weighted by Gasteiger charge is 2.43. The van der Waals surface area contributed by atoms with Crippen LogP contribution in [-0.4, -0.2) is 25.3 Å². The van der Waals surface area contributed by atoms with Crippen LogP contribution in [-0.2, 0) is 14.9 Å². The predicted molar refractivity (Wildman–Crippen MR) is 73.6 cm³/mol. The molecule has 2 rings (SSSR count). The van der Waals surface area contributed by atoms with Crippen molar-refractivity contribution >= 4 is 5.97 Å². The van der Waals surface area contributed by atoms with Crippen molar-refractivity contribution in [2.45, 2.75) is 44.1 Å². The minimum absolute atomic E-state index is 0.0137. The molecule has 0 aliphatic carbocycles. The van der Waals surface area contributed by atoms with Crippen LogP contribution < -0.4 is 9.84 Å². The summed E-state index contributed by atoms with van der Waals surface area (Å²) in [7, 11) is 1.61. The second-order valence-corrected chi connectivity index (χ2v) is 6.06. The van der Waals surface area contributed by atoms with Crippen LogP contribution in [0.25, 0.3) is 0 Å². The van der Waals surface area contributed by atoms with E-state index in [1.807, 2.05) is 38.1 Å². The van der Waals surface area contributed by atoms with Gasteiger partial charge < -0.3 is 19.4 Å². The van der Waals surface area contributed by atoms with Crippen molar-refractivity contribution in [2.75, 3.05) is 13.7 Å². The Bertz CT molecular complexity index is 495. The first-order valence-corrected chi connectivity index (χ1v) is 6.86. The van der Waals surface area contributed by atoms with Crippen LogP contribution in [0.2, 0.25) is 0 Å². The predicted octanol–water partition coefficient (Wildman–Crippen LogP) is 1.66. The summed E-state index contributed by atoms with van der Waals surface area (Å²) in [5, 5.41) is 11.3. The molecule has 1 unspecified atom stereocenters. The molecule has 0 aromatic heterocycles. The number of methoxy groups -OCH3 is 1. The maximum Gasteiger partial charge on any atom is 0.122 e. The van der Waals surface area contributed by atoms with Crippen molar-refractivity contribution in [1.29, 1.82) is 0 Å². The lowest BCUT2D eigenvalue weighted by Crippen LogP contribution is -2.47. The number of rotatable bonds is 4. The fourth-order valence-electron chi connectivity index (χ4n) is 3.31. The SMILES string of the molecule is COc1ccccc1C1(CC(=O)[O-])CCOC(C)(C)C1. The second kappa shape index (κ2) is 5.44. The van der Waals surface area contributed by atoms with Gasteiger partial charge in [-0.25, -0.2) is 0 Å². The monoisotopic (exact) mass is 277 g/mol. The largest absolute Gasteiger partial charge is 0.550 e. The van der Waals surface area contributed by atoms with Gasteiger partial charge in [0.25, 0.3) is 0 Å². The zero-order valence-corrected chi connectivity index (χ0v) is 12.3. The minimum atomic E-state index is -1.03.